The molecule has 2 unspecified atom stereocenters. The lowest BCUT2D eigenvalue weighted by Gasteiger charge is -2.14. The first-order valence-corrected chi connectivity index (χ1v) is 8.52. The number of alkyl halides is 1. The Labute approximate surface area is 140 Å². The molecule has 3 rings (SSSR count). The molecule has 4 heteroatoms. The van der Waals surface area contributed by atoms with Crippen molar-refractivity contribution in [1.82, 2.24) is 0 Å². The van der Waals surface area contributed by atoms with E-state index in [-0.39, 0.29) is 10.9 Å². The van der Waals surface area contributed by atoms with Crippen molar-refractivity contribution in [3.8, 4) is 5.75 Å². The van der Waals surface area contributed by atoms with Crippen molar-refractivity contribution < 1.29 is 4.74 Å². The van der Waals surface area contributed by atoms with Crippen LogP contribution < -0.4 is 4.74 Å². The molecule has 1 heterocycles. The second-order valence-corrected chi connectivity index (χ2v) is 7.15. The minimum absolute atomic E-state index is 0.0775. The number of halogens is 3. The van der Waals surface area contributed by atoms with Crippen molar-refractivity contribution in [3.63, 3.8) is 0 Å². The van der Waals surface area contributed by atoms with Gasteiger partial charge in [0.1, 0.15) is 11.9 Å². The van der Waals surface area contributed by atoms with Crippen LogP contribution in [0.4, 0.5) is 0 Å². The van der Waals surface area contributed by atoms with Crippen molar-refractivity contribution >= 4 is 43.5 Å². The van der Waals surface area contributed by atoms with Gasteiger partial charge >= 0.3 is 0 Å². The van der Waals surface area contributed by atoms with Gasteiger partial charge in [0.15, 0.2) is 0 Å². The second kappa shape index (κ2) is 5.70. The summed E-state index contributed by atoms with van der Waals surface area (Å²) in [5.74, 6) is 1.00. The van der Waals surface area contributed by atoms with E-state index in [1.54, 1.807) is 0 Å². The molecule has 2 aromatic rings. The van der Waals surface area contributed by atoms with Crippen LogP contribution in [0.25, 0.3) is 0 Å². The zero-order valence-electron chi connectivity index (χ0n) is 10.9. The van der Waals surface area contributed by atoms with Crippen LogP contribution in [0.2, 0.25) is 5.02 Å². The number of fused-ring (bicyclic) bond motifs is 1. The van der Waals surface area contributed by atoms with E-state index in [4.69, 9.17) is 16.3 Å². The van der Waals surface area contributed by atoms with Crippen LogP contribution in [0.1, 0.15) is 28.4 Å². The fourth-order valence-corrected chi connectivity index (χ4v) is 3.91. The van der Waals surface area contributed by atoms with Crippen LogP contribution in [0.15, 0.2) is 40.9 Å². The third-order valence-corrected chi connectivity index (χ3v) is 5.80. The van der Waals surface area contributed by atoms with Crippen LogP contribution in [-0.2, 0) is 6.42 Å². The summed E-state index contributed by atoms with van der Waals surface area (Å²) in [6.07, 6.45) is 1.23. The predicted octanol–water partition coefficient (Wildman–Crippen LogP) is 5.91. The molecule has 0 fully saturated rings. The van der Waals surface area contributed by atoms with Gasteiger partial charge in [0, 0.05) is 10.9 Å². The minimum atomic E-state index is 0.0775. The summed E-state index contributed by atoms with van der Waals surface area (Å²) in [6, 6.07) is 12.3. The van der Waals surface area contributed by atoms with Crippen LogP contribution in [0, 0.1) is 0 Å². The minimum Gasteiger partial charge on any atom is -0.490 e. The van der Waals surface area contributed by atoms with Crippen molar-refractivity contribution in [2.45, 2.75) is 24.3 Å². The summed E-state index contributed by atoms with van der Waals surface area (Å²) in [4.78, 5) is 0.0775. The summed E-state index contributed by atoms with van der Waals surface area (Å²) in [6.45, 7) is 2.09. The van der Waals surface area contributed by atoms with Gasteiger partial charge in [-0.1, -0.05) is 51.8 Å². The maximum atomic E-state index is 6.38. The standard InChI is InChI=1S/C16H13Br2ClO/c1-9-7-11-8-10(5-6-14(11)20-9)15(18)12-3-2-4-13(17)16(12)19/h2-6,8-9,15H,7H2,1H3. The Morgan fingerprint density at radius 3 is 2.90 bits per heavy atom. The van der Waals surface area contributed by atoms with E-state index in [0.717, 1.165) is 27.2 Å². The molecule has 0 aromatic heterocycles. The molecule has 104 valence electrons. The zero-order chi connectivity index (χ0) is 14.3. The lowest BCUT2D eigenvalue weighted by atomic mass is 10.0. The fourth-order valence-electron chi connectivity index (χ4n) is 2.50. The number of benzene rings is 2. The Morgan fingerprint density at radius 1 is 1.30 bits per heavy atom. The Hall–Kier alpha value is -0.510. The van der Waals surface area contributed by atoms with Gasteiger partial charge in [0.2, 0.25) is 0 Å². The molecule has 0 amide bonds. The van der Waals surface area contributed by atoms with Crippen molar-refractivity contribution in [2.24, 2.45) is 0 Å². The lowest BCUT2D eigenvalue weighted by molar-refractivity contribution is 0.254. The van der Waals surface area contributed by atoms with Crippen molar-refractivity contribution in [2.75, 3.05) is 0 Å². The summed E-state index contributed by atoms with van der Waals surface area (Å²) >= 11 is 13.6. The van der Waals surface area contributed by atoms with Crippen LogP contribution in [0.3, 0.4) is 0 Å². The van der Waals surface area contributed by atoms with E-state index in [1.165, 1.54) is 11.1 Å². The molecular weight excluding hydrogens is 403 g/mol. The number of rotatable bonds is 2. The monoisotopic (exact) mass is 414 g/mol. The molecule has 20 heavy (non-hydrogen) atoms. The molecule has 0 spiro atoms. The first kappa shape index (κ1) is 14.4. The topological polar surface area (TPSA) is 9.23 Å². The zero-order valence-corrected chi connectivity index (χ0v) is 14.8. The normalized spacial score (nSPS) is 18.5. The van der Waals surface area contributed by atoms with E-state index in [0.29, 0.717) is 0 Å². The van der Waals surface area contributed by atoms with Gasteiger partial charge in [-0.15, -0.1) is 0 Å². The quantitative estimate of drug-likeness (QED) is 0.553. The van der Waals surface area contributed by atoms with E-state index in [9.17, 15) is 0 Å². The Kier molecular flexibility index (Phi) is 4.11. The van der Waals surface area contributed by atoms with Gasteiger partial charge in [-0.3, -0.25) is 0 Å². The fraction of sp³-hybridized carbons (Fsp3) is 0.250. The molecule has 1 aliphatic heterocycles. The maximum Gasteiger partial charge on any atom is 0.123 e. The van der Waals surface area contributed by atoms with Crippen molar-refractivity contribution in [1.29, 1.82) is 0 Å². The third kappa shape index (κ3) is 2.63. The van der Waals surface area contributed by atoms with Crippen LogP contribution in [0.5, 0.6) is 5.75 Å². The first-order valence-electron chi connectivity index (χ1n) is 6.43. The smallest absolute Gasteiger partial charge is 0.123 e. The second-order valence-electron chi connectivity index (χ2n) is 5.01. The van der Waals surface area contributed by atoms with Gasteiger partial charge in [0.05, 0.1) is 9.85 Å². The van der Waals surface area contributed by atoms with E-state index in [1.807, 2.05) is 24.3 Å². The van der Waals surface area contributed by atoms with Gasteiger partial charge in [0.25, 0.3) is 0 Å². The summed E-state index contributed by atoms with van der Waals surface area (Å²) in [5, 5.41) is 0.750. The van der Waals surface area contributed by atoms with E-state index in [2.05, 4.69) is 50.9 Å². The highest BCUT2D eigenvalue weighted by atomic mass is 79.9. The molecule has 1 aliphatic rings. The molecule has 0 bridgehead atoms. The molecular formula is C16H13Br2ClO. The van der Waals surface area contributed by atoms with Crippen molar-refractivity contribution in [3.05, 3.63) is 62.6 Å². The van der Waals surface area contributed by atoms with Crippen LogP contribution >= 0.6 is 43.5 Å². The predicted molar refractivity (Wildman–Crippen MR) is 90.2 cm³/mol. The SMILES string of the molecule is CC1Cc2cc(C(Br)c3cccc(Br)c3Cl)ccc2O1. The Bertz CT molecular complexity index is 657. The van der Waals surface area contributed by atoms with Gasteiger partial charge < -0.3 is 4.74 Å². The average Bonchev–Trinajstić information content (AvgIpc) is 2.80. The number of hydrogen-bond donors (Lipinski definition) is 0. The largest absolute Gasteiger partial charge is 0.490 e. The molecule has 0 N–H and O–H groups in total. The highest BCUT2D eigenvalue weighted by Crippen LogP contribution is 2.40. The lowest BCUT2D eigenvalue weighted by Crippen LogP contribution is -2.05. The molecule has 2 aromatic carbocycles. The van der Waals surface area contributed by atoms with E-state index < -0.39 is 0 Å². The van der Waals surface area contributed by atoms with Crippen LogP contribution in [-0.4, -0.2) is 6.10 Å². The molecule has 0 saturated heterocycles. The Morgan fingerprint density at radius 2 is 2.10 bits per heavy atom. The van der Waals surface area contributed by atoms with Gasteiger partial charge in [-0.05, 0) is 51.7 Å². The van der Waals surface area contributed by atoms with E-state index >= 15 is 0 Å². The average molecular weight is 417 g/mol. The summed E-state index contributed by atoms with van der Waals surface area (Å²) in [7, 11) is 0. The number of ether oxygens (including phenoxy) is 1. The molecule has 0 saturated carbocycles. The number of hydrogen-bond acceptors (Lipinski definition) is 1. The van der Waals surface area contributed by atoms with Gasteiger partial charge in [-0.2, -0.15) is 0 Å². The Balaban J connectivity index is 1.97. The molecule has 1 nitrogen and oxygen atoms in total. The maximum absolute atomic E-state index is 6.38. The summed E-state index contributed by atoms with van der Waals surface area (Å²) < 4.78 is 6.66. The molecule has 0 radical (unpaired) electrons. The third-order valence-electron chi connectivity index (χ3n) is 3.47. The highest BCUT2D eigenvalue weighted by Gasteiger charge is 2.22. The highest BCUT2D eigenvalue weighted by molar-refractivity contribution is 9.10. The first-order chi connectivity index (χ1) is 9.56. The van der Waals surface area contributed by atoms with Gasteiger partial charge in [-0.25, -0.2) is 0 Å². The molecule has 2 atom stereocenters. The molecule has 0 aliphatic carbocycles. The summed E-state index contributed by atoms with van der Waals surface area (Å²) in [5.41, 5.74) is 3.53.